The van der Waals surface area contributed by atoms with E-state index in [0.29, 0.717) is 13.2 Å². The lowest BCUT2D eigenvalue weighted by atomic mass is 9.78. The molecule has 4 heteroatoms. The van der Waals surface area contributed by atoms with Crippen molar-refractivity contribution < 1.29 is 14.3 Å². The van der Waals surface area contributed by atoms with Crippen molar-refractivity contribution in [3.63, 3.8) is 0 Å². The molecule has 0 aliphatic carbocycles. The summed E-state index contributed by atoms with van der Waals surface area (Å²) in [7, 11) is 1.47. The Hall–Kier alpha value is -0.610. The molecule has 1 atom stereocenters. The highest BCUT2D eigenvalue weighted by Crippen LogP contribution is 2.33. The summed E-state index contributed by atoms with van der Waals surface area (Å²) in [5.74, 6) is -0.0947. The van der Waals surface area contributed by atoms with E-state index in [1.54, 1.807) is 0 Å². The Morgan fingerprint density at radius 3 is 2.10 bits per heavy atom. The molecule has 0 heterocycles. The molecule has 0 amide bonds. The molecule has 1 unspecified atom stereocenters. The topological polar surface area (TPSA) is 61.5 Å². The number of rotatable bonds is 11. The number of esters is 1. The highest BCUT2D eigenvalue weighted by molar-refractivity contribution is 5.76. The van der Waals surface area contributed by atoms with Gasteiger partial charge in [0.1, 0.15) is 0 Å². The van der Waals surface area contributed by atoms with Crippen LogP contribution >= 0.6 is 0 Å². The minimum Gasteiger partial charge on any atom is -0.469 e. The Balaban J connectivity index is 4.35. The summed E-state index contributed by atoms with van der Waals surface area (Å²) < 4.78 is 10.9. The summed E-state index contributed by atoms with van der Waals surface area (Å²) in [5, 5.41) is 0. The molecule has 0 rings (SSSR count). The molecule has 0 aromatic heterocycles. The van der Waals surface area contributed by atoms with Gasteiger partial charge in [-0.2, -0.15) is 0 Å². The molecule has 0 saturated carbocycles. The summed E-state index contributed by atoms with van der Waals surface area (Å²) in [5.41, 5.74) is 5.13. The smallest absolute Gasteiger partial charge is 0.311 e. The molecule has 120 valence electrons. The maximum absolute atomic E-state index is 12.0. The highest BCUT2D eigenvalue weighted by Gasteiger charge is 2.35. The zero-order chi connectivity index (χ0) is 15.6. The summed E-state index contributed by atoms with van der Waals surface area (Å²) in [6.07, 6.45) is 5.13. The molecule has 0 aliphatic rings. The third kappa shape index (κ3) is 5.41. The fourth-order valence-electron chi connectivity index (χ4n) is 2.60. The summed E-state index contributed by atoms with van der Waals surface area (Å²) in [6, 6.07) is 0. The number of carbonyl (C=O) groups is 1. The Morgan fingerprint density at radius 2 is 1.70 bits per heavy atom. The maximum Gasteiger partial charge on any atom is 0.311 e. The second-order valence-corrected chi connectivity index (χ2v) is 5.77. The molecule has 2 N–H and O–H groups in total. The van der Waals surface area contributed by atoms with E-state index >= 15 is 0 Å². The standard InChI is InChI=1S/C16H33NO3/c1-6-15(4,11-12-17)20-13-9-10-16(7-2,8-3)14(18)19-5/h6-13,17H2,1-5H3. The molecular weight excluding hydrogens is 254 g/mol. The summed E-state index contributed by atoms with van der Waals surface area (Å²) in [6.45, 7) is 9.63. The van der Waals surface area contributed by atoms with E-state index in [4.69, 9.17) is 15.2 Å². The van der Waals surface area contributed by atoms with Crippen LogP contribution < -0.4 is 5.73 Å². The van der Waals surface area contributed by atoms with Crippen LogP contribution in [0.1, 0.15) is 66.2 Å². The van der Waals surface area contributed by atoms with Gasteiger partial charge in [0.15, 0.2) is 0 Å². The van der Waals surface area contributed by atoms with Crippen LogP contribution in [0.2, 0.25) is 0 Å². The van der Waals surface area contributed by atoms with E-state index in [-0.39, 0.29) is 17.0 Å². The average Bonchev–Trinajstić information content (AvgIpc) is 2.47. The van der Waals surface area contributed by atoms with Crippen molar-refractivity contribution in [2.24, 2.45) is 11.1 Å². The summed E-state index contributed by atoms with van der Waals surface area (Å²) in [4.78, 5) is 12.0. The highest BCUT2D eigenvalue weighted by atomic mass is 16.5. The predicted molar refractivity (Wildman–Crippen MR) is 82.6 cm³/mol. The van der Waals surface area contributed by atoms with Gasteiger partial charge in [0.25, 0.3) is 0 Å². The zero-order valence-corrected chi connectivity index (χ0v) is 14.0. The SMILES string of the molecule is CCC(C)(CCN)OCCCC(CC)(CC)C(=O)OC. The molecule has 0 aliphatic heterocycles. The Labute approximate surface area is 124 Å². The van der Waals surface area contributed by atoms with Crippen LogP contribution in [0.4, 0.5) is 0 Å². The van der Waals surface area contributed by atoms with Crippen LogP contribution in [-0.4, -0.2) is 31.8 Å². The minimum atomic E-state index is -0.353. The van der Waals surface area contributed by atoms with Crippen molar-refractivity contribution in [1.29, 1.82) is 0 Å². The fraction of sp³-hybridized carbons (Fsp3) is 0.938. The molecule has 0 radical (unpaired) electrons. The summed E-state index contributed by atoms with van der Waals surface area (Å²) >= 11 is 0. The van der Waals surface area contributed by atoms with Gasteiger partial charge < -0.3 is 15.2 Å². The van der Waals surface area contributed by atoms with Crippen LogP contribution in [0.3, 0.4) is 0 Å². The third-order valence-electron chi connectivity index (χ3n) is 4.64. The van der Waals surface area contributed by atoms with Gasteiger partial charge in [0.05, 0.1) is 18.1 Å². The zero-order valence-electron chi connectivity index (χ0n) is 14.0. The van der Waals surface area contributed by atoms with Crippen LogP contribution in [0, 0.1) is 5.41 Å². The Bertz CT molecular complexity index is 277. The predicted octanol–water partition coefficient (Wildman–Crippen LogP) is 3.28. The van der Waals surface area contributed by atoms with Crippen molar-refractivity contribution in [2.75, 3.05) is 20.3 Å². The van der Waals surface area contributed by atoms with Gasteiger partial charge in [-0.25, -0.2) is 0 Å². The first-order chi connectivity index (χ1) is 9.43. The van der Waals surface area contributed by atoms with Crippen molar-refractivity contribution in [3.8, 4) is 0 Å². The number of hydrogen-bond donors (Lipinski definition) is 1. The van der Waals surface area contributed by atoms with Crippen LogP contribution in [-0.2, 0) is 14.3 Å². The normalized spacial score (nSPS) is 14.9. The van der Waals surface area contributed by atoms with Crippen molar-refractivity contribution >= 4 is 5.97 Å². The first-order valence-corrected chi connectivity index (χ1v) is 7.86. The second kappa shape index (κ2) is 9.35. The second-order valence-electron chi connectivity index (χ2n) is 5.77. The molecule has 4 nitrogen and oxygen atoms in total. The molecule has 0 aromatic rings. The number of ether oxygens (including phenoxy) is 2. The Kier molecular flexibility index (Phi) is 9.06. The molecule has 0 fully saturated rings. The minimum absolute atomic E-state index is 0.0947. The van der Waals surface area contributed by atoms with E-state index in [1.165, 1.54) is 7.11 Å². The molecule has 0 aromatic carbocycles. The van der Waals surface area contributed by atoms with Gasteiger partial charge in [-0.3, -0.25) is 4.79 Å². The van der Waals surface area contributed by atoms with Crippen LogP contribution in [0.15, 0.2) is 0 Å². The van der Waals surface area contributed by atoms with Gasteiger partial charge in [-0.1, -0.05) is 20.8 Å². The van der Waals surface area contributed by atoms with Gasteiger partial charge >= 0.3 is 5.97 Å². The van der Waals surface area contributed by atoms with E-state index in [0.717, 1.165) is 38.5 Å². The first kappa shape index (κ1) is 19.4. The van der Waals surface area contributed by atoms with Crippen LogP contribution in [0.25, 0.3) is 0 Å². The van der Waals surface area contributed by atoms with Crippen molar-refractivity contribution in [2.45, 2.75) is 71.8 Å². The number of methoxy groups -OCH3 is 1. The monoisotopic (exact) mass is 287 g/mol. The number of carbonyl (C=O) groups excluding carboxylic acids is 1. The van der Waals surface area contributed by atoms with Gasteiger partial charge in [0, 0.05) is 6.61 Å². The van der Waals surface area contributed by atoms with Crippen LogP contribution in [0.5, 0.6) is 0 Å². The molecule has 0 saturated heterocycles. The first-order valence-electron chi connectivity index (χ1n) is 7.86. The van der Waals surface area contributed by atoms with Gasteiger partial charge in [-0.05, 0) is 52.0 Å². The lowest BCUT2D eigenvalue weighted by molar-refractivity contribution is -0.154. The lowest BCUT2D eigenvalue weighted by Gasteiger charge is -2.31. The van der Waals surface area contributed by atoms with Crippen molar-refractivity contribution in [3.05, 3.63) is 0 Å². The average molecular weight is 287 g/mol. The van der Waals surface area contributed by atoms with E-state index in [2.05, 4.69) is 13.8 Å². The largest absolute Gasteiger partial charge is 0.469 e. The Morgan fingerprint density at radius 1 is 1.10 bits per heavy atom. The maximum atomic E-state index is 12.0. The molecule has 0 spiro atoms. The molecule has 20 heavy (non-hydrogen) atoms. The van der Waals surface area contributed by atoms with E-state index in [9.17, 15) is 4.79 Å². The molecule has 0 bridgehead atoms. The van der Waals surface area contributed by atoms with Gasteiger partial charge in [0.2, 0.25) is 0 Å². The fourth-order valence-corrected chi connectivity index (χ4v) is 2.60. The lowest BCUT2D eigenvalue weighted by Crippen LogP contribution is -2.33. The number of hydrogen-bond acceptors (Lipinski definition) is 4. The van der Waals surface area contributed by atoms with Crippen molar-refractivity contribution in [1.82, 2.24) is 0 Å². The molecular formula is C16H33NO3. The van der Waals surface area contributed by atoms with E-state index < -0.39 is 0 Å². The van der Waals surface area contributed by atoms with E-state index in [1.807, 2.05) is 13.8 Å². The quantitative estimate of drug-likeness (QED) is 0.468. The third-order valence-corrected chi connectivity index (χ3v) is 4.64. The number of nitrogens with two attached hydrogens (primary N) is 1. The van der Waals surface area contributed by atoms with Gasteiger partial charge in [-0.15, -0.1) is 0 Å².